The Hall–Kier alpha value is -3.51. The van der Waals surface area contributed by atoms with Crippen molar-refractivity contribution < 1.29 is 27.8 Å². The molecule has 4 atom stereocenters. The fraction of sp³-hybridized carbons (Fsp3) is 0.500. The van der Waals surface area contributed by atoms with Crippen molar-refractivity contribution in [3.8, 4) is 5.75 Å². The summed E-state index contributed by atoms with van der Waals surface area (Å²) in [6.07, 6.45) is 11.4. The lowest BCUT2D eigenvalue weighted by Gasteiger charge is -2.21. The van der Waals surface area contributed by atoms with Gasteiger partial charge in [-0.15, -0.1) is 0 Å². The zero-order chi connectivity index (χ0) is 29.5. The Balaban J connectivity index is 1.21. The fourth-order valence-corrected chi connectivity index (χ4v) is 5.77. The predicted molar refractivity (Wildman–Crippen MR) is 157 cm³/mol. The number of unbranched alkanes of at least 4 members (excludes halogenated alkanes) is 2. The minimum atomic E-state index is -4.34. The zero-order valence-electron chi connectivity index (χ0n) is 23.8. The molecule has 226 valence electrons. The molecular weight excluding hydrogens is 561 g/mol. The van der Waals surface area contributed by atoms with Gasteiger partial charge in [-0.25, -0.2) is 14.3 Å². The third-order valence-electron chi connectivity index (χ3n) is 6.94. The number of aromatic nitrogens is 4. The SMILES string of the molecule is CCCCCON[C@@H](C)C(=O)OP(=O)(OC[C@@H]1C=C[C@H](n2cnc3c(NC4CC4)nc(N)nc32)C1)Oc1ccccc1. The Morgan fingerprint density at radius 3 is 2.76 bits per heavy atom. The van der Waals surface area contributed by atoms with Crippen molar-refractivity contribution in [3.63, 3.8) is 0 Å². The highest BCUT2D eigenvalue weighted by Crippen LogP contribution is 2.51. The van der Waals surface area contributed by atoms with Crippen LogP contribution in [0.1, 0.15) is 58.4 Å². The van der Waals surface area contributed by atoms with Gasteiger partial charge in [0.25, 0.3) is 0 Å². The zero-order valence-corrected chi connectivity index (χ0v) is 24.7. The quantitative estimate of drug-likeness (QED) is 0.0880. The molecule has 0 spiro atoms. The number of hydrogen-bond acceptors (Lipinski definition) is 12. The number of hydrogen-bond donors (Lipinski definition) is 3. The molecule has 0 radical (unpaired) electrons. The molecule has 1 unspecified atom stereocenters. The van der Waals surface area contributed by atoms with Crippen LogP contribution in [0.2, 0.25) is 0 Å². The van der Waals surface area contributed by atoms with Gasteiger partial charge in [0.15, 0.2) is 17.0 Å². The highest BCUT2D eigenvalue weighted by Gasteiger charge is 2.37. The maximum absolute atomic E-state index is 13.7. The van der Waals surface area contributed by atoms with Crippen molar-refractivity contribution in [2.45, 2.75) is 70.5 Å². The van der Waals surface area contributed by atoms with Crippen LogP contribution in [0.5, 0.6) is 5.75 Å². The highest BCUT2D eigenvalue weighted by atomic mass is 31.2. The summed E-state index contributed by atoms with van der Waals surface area (Å²) in [5.74, 6) is 0.103. The third-order valence-corrected chi connectivity index (χ3v) is 8.24. The minimum Gasteiger partial charge on any atom is -0.395 e. The number of nitrogens with zero attached hydrogens (tertiary/aromatic N) is 4. The van der Waals surface area contributed by atoms with Crippen molar-refractivity contribution in [3.05, 3.63) is 48.8 Å². The lowest BCUT2D eigenvalue weighted by molar-refractivity contribution is -0.142. The van der Waals surface area contributed by atoms with Crippen LogP contribution < -0.4 is 21.1 Å². The van der Waals surface area contributed by atoms with E-state index in [2.05, 4.69) is 32.7 Å². The maximum atomic E-state index is 13.7. The molecule has 3 aromatic rings. The van der Waals surface area contributed by atoms with Crippen molar-refractivity contribution in [1.29, 1.82) is 0 Å². The number of para-hydroxylation sites is 1. The molecule has 4 N–H and O–H groups in total. The van der Waals surface area contributed by atoms with E-state index in [0.29, 0.717) is 36.1 Å². The van der Waals surface area contributed by atoms with Crippen molar-refractivity contribution in [2.24, 2.45) is 5.92 Å². The van der Waals surface area contributed by atoms with Crippen LogP contribution in [0.3, 0.4) is 0 Å². The second kappa shape index (κ2) is 13.6. The lowest BCUT2D eigenvalue weighted by Crippen LogP contribution is -2.35. The topological polar surface area (TPSA) is 165 Å². The molecule has 0 saturated heterocycles. The normalized spacial score (nSPS) is 20.3. The minimum absolute atomic E-state index is 0.00203. The molecule has 1 saturated carbocycles. The third kappa shape index (κ3) is 7.86. The van der Waals surface area contributed by atoms with Crippen molar-refractivity contribution in [2.75, 3.05) is 24.3 Å². The number of phosphoric acid groups is 1. The molecule has 0 amide bonds. The Morgan fingerprint density at radius 2 is 2.00 bits per heavy atom. The number of phosphoric ester groups is 1. The predicted octanol–water partition coefficient (Wildman–Crippen LogP) is 4.95. The smallest absolute Gasteiger partial charge is 0.395 e. The van der Waals surface area contributed by atoms with Gasteiger partial charge >= 0.3 is 13.8 Å². The van der Waals surface area contributed by atoms with E-state index in [1.54, 1.807) is 43.6 Å². The van der Waals surface area contributed by atoms with Gasteiger partial charge in [-0.2, -0.15) is 15.4 Å². The van der Waals surface area contributed by atoms with Crippen LogP contribution in [-0.4, -0.2) is 50.8 Å². The second-order valence-corrected chi connectivity index (χ2v) is 12.1. The van der Waals surface area contributed by atoms with E-state index in [-0.39, 0.29) is 30.3 Å². The summed E-state index contributed by atoms with van der Waals surface area (Å²) in [6.45, 7) is 4.08. The first-order valence-electron chi connectivity index (χ1n) is 14.4. The lowest BCUT2D eigenvalue weighted by atomic mass is 10.1. The summed E-state index contributed by atoms with van der Waals surface area (Å²) in [7, 11) is -4.34. The summed E-state index contributed by atoms with van der Waals surface area (Å²) in [4.78, 5) is 31.4. The number of nitrogen functional groups attached to an aromatic ring is 1. The first-order valence-corrected chi connectivity index (χ1v) is 15.8. The molecule has 2 aliphatic rings. The van der Waals surface area contributed by atoms with Gasteiger partial charge in [0, 0.05) is 12.0 Å². The molecule has 13 nitrogen and oxygen atoms in total. The average Bonchev–Trinajstić information content (AvgIpc) is 3.48. The number of imidazole rings is 1. The van der Waals surface area contributed by atoms with Crippen molar-refractivity contribution in [1.82, 2.24) is 25.0 Å². The Kier molecular flexibility index (Phi) is 9.73. The van der Waals surface area contributed by atoms with Crippen LogP contribution >= 0.6 is 7.82 Å². The van der Waals surface area contributed by atoms with Gasteiger partial charge in [0.05, 0.1) is 25.6 Å². The number of allylic oxidation sites excluding steroid dienone is 1. The molecule has 2 aliphatic carbocycles. The van der Waals surface area contributed by atoms with Gasteiger partial charge in [-0.3, -0.25) is 4.52 Å². The fourth-order valence-electron chi connectivity index (χ4n) is 4.49. The molecule has 42 heavy (non-hydrogen) atoms. The summed E-state index contributed by atoms with van der Waals surface area (Å²) in [5, 5.41) is 3.37. The molecule has 1 fully saturated rings. The van der Waals surface area contributed by atoms with E-state index in [1.165, 1.54) is 0 Å². The molecule has 1 aromatic carbocycles. The van der Waals surface area contributed by atoms with Gasteiger partial charge in [0.1, 0.15) is 11.8 Å². The highest BCUT2D eigenvalue weighted by molar-refractivity contribution is 7.49. The first-order chi connectivity index (χ1) is 20.3. The molecule has 2 aromatic heterocycles. The van der Waals surface area contributed by atoms with E-state index in [0.717, 1.165) is 32.1 Å². The number of hydroxylamine groups is 1. The van der Waals surface area contributed by atoms with Gasteiger partial charge in [-0.1, -0.05) is 50.1 Å². The Labute approximate surface area is 244 Å². The molecule has 0 bridgehead atoms. The van der Waals surface area contributed by atoms with E-state index < -0.39 is 19.8 Å². The standard InChI is InChI=1S/C28H38N7O6P/c1-3-4-8-15-38-34-19(2)27(36)41-42(37,40-23-9-6-5-7-10-23)39-17-20-11-14-22(16-20)35-18-30-24-25(31-21-12-13-21)32-28(29)33-26(24)35/h5-7,9-11,14,18-22,34H,3-4,8,12-13,15-17H2,1-2H3,(H3,29,31,32,33)/t19-,20+,22-,42?/m0/s1. The molecular formula is C28H38N7O6P. The van der Waals surface area contributed by atoms with Crippen molar-refractivity contribution >= 4 is 36.7 Å². The van der Waals surface area contributed by atoms with Crippen LogP contribution in [0.4, 0.5) is 11.8 Å². The number of fused-ring (bicyclic) bond motifs is 1. The number of carbonyl (C=O) groups is 1. The number of benzene rings is 1. The number of nitrogens with two attached hydrogens (primary N) is 1. The summed E-state index contributed by atoms with van der Waals surface area (Å²) in [6, 6.07) is 7.87. The summed E-state index contributed by atoms with van der Waals surface area (Å²) < 4.78 is 32.3. The number of nitrogens with one attached hydrogen (secondary N) is 2. The Bertz CT molecular complexity index is 1430. The molecule has 14 heteroatoms. The number of carbonyl (C=O) groups excluding carboxylic acids is 1. The molecule has 2 heterocycles. The van der Waals surface area contributed by atoms with Crippen LogP contribution in [0, 0.1) is 5.92 Å². The van der Waals surface area contributed by atoms with Crippen LogP contribution in [0.15, 0.2) is 48.8 Å². The first kappa shape index (κ1) is 30.0. The number of anilines is 2. The summed E-state index contributed by atoms with van der Waals surface area (Å²) in [5.41, 5.74) is 9.93. The maximum Gasteiger partial charge on any atom is 0.589 e. The van der Waals surface area contributed by atoms with Crippen LogP contribution in [0.25, 0.3) is 11.2 Å². The van der Waals surface area contributed by atoms with Gasteiger partial charge < -0.3 is 29.5 Å². The largest absolute Gasteiger partial charge is 0.589 e. The monoisotopic (exact) mass is 599 g/mol. The van der Waals surface area contributed by atoms with E-state index in [1.807, 2.05) is 16.7 Å². The second-order valence-electron chi connectivity index (χ2n) is 10.6. The van der Waals surface area contributed by atoms with Gasteiger partial charge in [0.2, 0.25) is 5.95 Å². The van der Waals surface area contributed by atoms with E-state index in [4.69, 9.17) is 24.1 Å². The van der Waals surface area contributed by atoms with E-state index >= 15 is 0 Å². The van der Waals surface area contributed by atoms with Crippen LogP contribution in [-0.2, 0) is 23.2 Å². The summed E-state index contributed by atoms with van der Waals surface area (Å²) >= 11 is 0. The van der Waals surface area contributed by atoms with Gasteiger partial charge in [-0.05, 0) is 44.7 Å². The van der Waals surface area contributed by atoms with E-state index in [9.17, 15) is 9.36 Å². The Morgan fingerprint density at radius 1 is 1.19 bits per heavy atom. The molecule has 5 rings (SSSR count). The molecule has 0 aliphatic heterocycles. The average molecular weight is 600 g/mol. The number of rotatable bonds is 16.